The monoisotopic (exact) mass is 508 g/mol. The van der Waals surface area contributed by atoms with Crippen LogP contribution in [0.4, 0.5) is 9.18 Å². The molecule has 3 N–H and O–H groups in total. The minimum absolute atomic E-state index is 0.0564. The first kappa shape index (κ1) is 25.2. The average Bonchev–Trinajstić information content (AvgIpc) is 3.30. The van der Waals surface area contributed by atoms with Crippen molar-refractivity contribution >= 4 is 17.8 Å². The highest BCUT2D eigenvalue weighted by Gasteiger charge is 2.56. The lowest BCUT2D eigenvalue weighted by Crippen LogP contribution is -2.73. The lowest BCUT2D eigenvalue weighted by Gasteiger charge is -2.54. The zero-order chi connectivity index (χ0) is 26.3. The van der Waals surface area contributed by atoms with Crippen molar-refractivity contribution in [2.24, 2.45) is 17.6 Å². The van der Waals surface area contributed by atoms with Crippen LogP contribution in [-0.4, -0.2) is 59.4 Å². The first-order valence-electron chi connectivity index (χ1n) is 12.8. The van der Waals surface area contributed by atoms with Crippen molar-refractivity contribution in [3.8, 4) is 0 Å². The van der Waals surface area contributed by atoms with Crippen LogP contribution in [0.25, 0.3) is 0 Å². The third kappa shape index (κ3) is 4.56. The normalized spacial score (nSPS) is 26.4. The minimum Gasteiger partial charge on any atom is -0.351 e. The van der Waals surface area contributed by atoms with E-state index in [0.717, 1.165) is 0 Å². The SMILES string of the molecule is CC(C)C[C@@H]1C(=O)N[C@H](C2Cc3ccccc3C2)C(=O)N1[C@@]1(c2ccc(F)cc2)CN(C(N)=O)CCO1. The number of carbonyl (C=O) groups is 3. The Hall–Kier alpha value is -3.46. The summed E-state index contributed by atoms with van der Waals surface area (Å²) >= 11 is 0. The number of ether oxygens (including phenoxy) is 1. The average molecular weight is 509 g/mol. The summed E-state index contributed by atoms with van der Waals surface area (Å²) in [5.74, 6) is -0.976. The van der Waals surface area contributed by atoms with Gasteiger partial charge < -0.3 is 20.7 Å². The number of nitrogens with zero attached hydrogens (tertiary/aromatic N) is 2. The number of piperazine rings is 1. The van der Waals surface area contributed by atoms with E-state index in [1.807, 2.05) is 26.0 Å². The molecule has 37 heavy (non-hydrogen) atoms. The Bertz CT molecular complexity index is 1180. The molecule has 2 aromatic carbocycles. The summed E-state index contributed by atoms with van der Waals surface area (Å²) in [6, 6.07) is 11.5. The fourth-order valence-corrected chi connectivity index (χ4v) is 6.03. The first-order chi connectivity index (χ1) is 17.7. The Balaban J connectivity index is 1.60. The second-order valence-electron chi connectivity index (χ2n) is 10.7. The van der Waals surface area contributed by atoms with Gasteiger partial charge in [0.2, 0.25) is 11.8 Å². The number of urea groups is 1. The van der Waals surface area contributed by atoms with E-state index in [1.54, 1.807) is 12.1 Å². The summed E-state index contributed by atoms with van der Waals surface area (Å²) < 4.78 is 20.3. The second-order valence-corrected chi connectivity index (χ2v) is 10.7. The number of rotatable bonds is 5. The summed E-state index contributed by atoms with van der Waals surface area (Å²) in [4.78, 5) is 43.3. The van der Waals surface area contributed by atoms with Crippen molar-refractivity contribution in [3.63, 3.8) is 0 Å². The predicted octanol–water partition coefficient (Wildman–Crippen LogP) is 2.55. The fourth-order valence-electron chi connectivity index (χ4n) is 6.03. The number of amides is 4. The van der Waals surface area contributed by atoms with Gasteiger partial charge in [0, 0.05) is 12.1 Å². The van der Waals surface area contributed by atoms with E-state index in [1.165, 1.54) is 33.1 Å². The molecule has 0 aromatic heterocycles. The molecule has 3 aliphatic rings. The highest BCUT2D eigenvalue weighted by atomic mass is 19.1. The fraction of sp³-hybridized carbons (Fsp3) is 0.464. The number of nitrogens with two attached hydrogens (primary N) is 1. The van der Waals surface area contributed by atoms with Crippen molar-refractivity contribution < 1.29 is 23.5 Å². The van der Waals surface area contributed by atoms with Crippen LogP contribution in [0.1, 0.15) is 37.0 Å². The maximum atomic E-state index is 14.4. The van der Waals surface area contributed by atoms with Gasteiger partial charge in [-0.05, 0) is 54.4 Å². The topological polar surface area (TPSA) is 105 Å². The molecule has 2 heterocycles. The molecule has 0 saturated carbocycles. The predicted molar refractivity (Wildman–Crippen MR) is 135 cm³/mol. The van der Waals surface area contributed by atoms with Gasteiger partial charge in [-0.1, -0.05) is 50.2 Å². The second kappa shape index (κ2) is 9.78. The van der Waals surface area contributed by atoms with Crippen molar-refractivity contribution in [3.05, 3.63) is 71.0 Å². The molecule has 2 saturated heterocycles. The third-order valence-corrected chi connectivity index (χ3v) is 7.77. The molecule has 0 unspecified atom stereocenters. The molecule has 2 aliphatic heterocycles. The van der Waals surface area contributed by atoms with Crippen LogP contribution in [0.3, 0.4) is 0 Å². The minimum atomic E-state index is -1.49. The molecule has 5 rings (SSSR count). The molecule has 196 valence electrons. The van der Waals surface area contributed by atoms with Crippen molar-refractivity contribution in [2.75, 3.05) is 19.7 Å². The lowest BCUT2D eigenvalue weighted by molar-refractivity contribution is -0.221. The van der Waals surface area contributed by atoms with Gasteiger partial charge in [-0.2, -0.15) is 0 Å². The molecule has 8 nitrogen and oxygen atoms in total. The molecule has 0 bridgehead atoms. The van der Waals surface area contributed by atoms with E-state index in [4.69, 9.17) is 10.5 Å². The Kier molecular flexibility index (Phi) is 6.66. The number of fused-ring (bicyclic) bond motifs is 1. The quantitative estimate of drug-likeness (QED) is 0.648. The van der Waals surface area contributed by atoms with Gasteiger partial charge in [-0.25, -0.2) is 9.18 Å². The third-order valence-electron chi connectivity index (χ3n) is 7.77. The summed E-state index contributed by atoms with van der Waals surface area (Å²) in [7, 11) is 0. The van der Waals surface area contributed by atoms with E-state index in [2.05, 4.69) is 17.4 Å². The maximum absolute atomic E-state index is 14.4. The molecule has 9 heteroatoms. The summed E-state index contributed by atoms with van der Waals surface area (Å²) in [5, 5.41) is 3.03. The largest absolute Gasteiger partial charge is 0.351 e. The number of carbonyl (C=O) groups excluding carboxylic acids is 3. The number of morpholine rings is 1. The van der Waals surface area contributed by atoms with Crippen molar-refractivity contribution in [1.29, 1.82) is 0 Å². The number of hydrogen-bond acceptors (Lipinski definition) is 4. The molecular weight excluding hydrogens is 475 g/mol. The summed E-state index contributed by atoms with van der Waals surface area (Å²) in [6.45, 7) is 4.27. The highest BCUT2D eigenvalue weighted by Crippen LogP contribution is 2.40. The number of benzene rings is 2. The Morgan fingerprint density at radius 1 is 1.14 bits per heavy atom. The Morgan fingerprint density at radius 2 is 1.78 bits per heavy atom. The highest BCUT2D eigenvalue weighted by molar-refractivity contribution is 5.98. The van der Waals surface area contributed by atoms with Crippen molar-refractivity contribution in [1.82, 2.24) is 15.1 Å². The van der Waals surface area contributed by atoms with Gasteiger partial charge in [0.25, 0.3) is 0 Å². The zero-order valence-corrected chi connectivity index (χ0v) is 21.2. The zero-order valence-electron chi connectivity index (χ0n) is 21.2. The van der Waals surface area contributed by atoms with E-state index in [0.29, 0.717) is 24.8 Å². The molecular formula is C28H33FN4O4. The Labute approximate surface area is 215 Å². The van der Waals surface area contributed by atoms with Gasteiger partial charge in [0.05, 0.1) is 13.2 Å². The molecule has 2 aromatic rings. The molecule has 1 aliphatic carbocycles. The summed E-state index contributed by atoms with van der Waals surface area (Å²) in [6.07, 6.45) is 1.75. The maximum Gasteiger partial charge on any atom is 0.315 e. The molecule has 2 fully saturated rings. The van der Waals surface area contributed by atoms with Crippen LogP contribution in [0, 0.1) is 17.7 Å². The van der Waals surface area contributed by atoms with Crippen LogP contribution in [-0.2, 0) is 32.9 Å². The number of primary amides is 1. The molecule has 0 spiro atoms. The number of halogens is 1. The van der Waals surface area contributed by atoms with E-state index >= 15 is 0 Å². The first-order valence-corrected chi connectivity index (χ1v) is 12.8. The Morgan fingerprint density at radius 3 is 2.38 bits per heavy atom. The lowest BCUT2D eigenvalue weighted by atomic mass is 9.86. The van der Waals surface area contributed by atoms with Crippen LogP contribution >= 0.6 is 0 Å². The van der Waals surface area contributed by atoms with E-state index in [9.17, 15) is 18.8 Å². The molecule has 0 radical (unpaired) electrons. The van der Waals surface area contributed by atoms with Crippen LogP contribution in [0.15, 0.2) is 48.5 Å². The molecule has 3 atom stereocenters. The number of hydrogen-bond donors (Lipinski definition) is 2. The number of nitrogens with one attached hydrogen (secondary N) is 1. The molecule has 4 amide bonds. The summed E-state index contributed by atoms with van der Waals surface area (Å²) in [5.41, 5.74) is 7.01. The van der Waals surface area contributed by atoms with Gasteiger partial charge in [-0.3, -0.25) is 14.5 Å². The standard InChI is InChI=1S/C28H33FN4O4/c1-17(2)13-23-25(34)31-24(20-14-18-5-3-4-6-19(18)15-20)26(35)33(23)28(21-7-9-22(29)10-8-21)16-32(27(30)36)11-12-37-28/h3-10,17,20,23-24H,11-16H2,1-2H3,(H2,30,36)(H,31,34)/t23-,24-,28+/m1/s1. The van der Waals surface area contributed by atoms with Gasteiger partial charge in [-0.15, -0.1) is 0 Å². The van der Waals surface area contributed by atoms with Crippen LogP contribution in [0.5, 0.6) is 0 Å². The van der Waals surface area contributed by atoms with E-state index < -0.39 is 29.7 Å². The van der Waals surface area contributed by atoms with E-state index in [-0.39, 0.29) is 43.3 Å². The van der Waals surface area contributed by atoms with Crippen LogP contribution in [0.2, 0.25) is 0 Å². The van der Waals surface area contributed by atoms with Crippen molar-refractivity contribution in [2.45, 2.75) is 50.9 Å². The van der Waals surface area contributed by atoms with Gasteiger partial charge in [0.1, 0.15) is 17.9 Å². The van der Waals surface area contributed by atoms with Crippen LogP contribution < -0.4 is 11.1 Å². The van der Waals surface area contributed by atoms with Gasteiger partial charge >= 0.3 is 6.03 Å². The smallest absolute Gasteiger partial charge is 0.315 e. The van der Waals surface area contributed by atoms with Gasteiger partial charge in [0.15, 0.2) is 5.72 Å².